The summed E-state index contributed by atoms with van der Waals surface area (Å²) < 4.78 is 0. The highest BCUT2D eigenvalue weighted by Crippen LogP contribution is 2.41. The lowest BCUT2D eigenvalue weighted by molar-refractivity contribution is 0.116. The van der Waals surface area contributed by atoms with E-state index in [-0.39, 0.29) is 11.5 Å². The Balaban J connectivity index is 2.73. The quantitative estimate of drug-likeness (QED) is 0.450. The molecule has 1 rings (SSSR count). The first-order chi connectivity index (χ1) is 13.0. The van der Waals surface area contributed by atoms with Gasteiger partial charge in [-0.3, -0.25) is 0 Å². The van der Waals surface area contributed by atoms with Gasteiger partial charge in [-0.2, -0.15) is 0 Å². The number of aliphatic hydroxyl groups excluding tert-OH is 1. The number of rotatable bonds is 7. The van der Waals surface area contributed by atoms with Crippen LogP contribution in [0, 0.1) is 11.3 Å². The lowest BCUT2D eigenvalue weighted by Gasteiger charge is -2.35. The standard InChI is InChI=1S/C27H40O/c1-20(2)23(5)15-10-9-12-21(3)13-11-14-22(4)16-17-26-24(6)18-25(28)19-27(26,7)8/h9-17,20,25,28H,18-19H2,1-8H3/b10-9+,13-11+,17-16+,21-12+,22-14+,23-15+/t25-/m0/s1. The van der Waals surface area contributed by atoms with Crippen LogP contribution in [-0.2, 0) is 0 Å². The average Bonchev–Trinajstić information content (AvgIpc) is 2.56. The Morgan fingerprint density at radius 1 is 0.964 bits per heavy atom. The van der Waals surface area contributed by atoms with Crippen molar-refractivity contribution in [1.29, 1.82) is 0 Å². The molecule has 1 heteroatoms. The third-order valence-corrected chi connectivity index (χ3v) is 5.45. The molecule has 0 bridgehead atoms. The van der Waals surface area contributed by atoms with Gasteiger partial charge < -0.3 is 5.11 Å². The first-order valence-corrected chi connectivity index (χ1v) is 10.5. The molecule has 0 saturated carbocycles. The van der Waals surface area contributed by atoms with Crippen LogP contribution >= 0.6 is 0 Å². The number of allylic oxidation sites excluding steroid dienone is 13. The number of aliphatic hydroxyl groups is 1. The van der Waals surface area contributed by atoms with E-state index in [1.54, 1.807) is 0 Å². The van der Waals surface area contributed by atoms with E-state index in [1.807, 2.05) is 0 Å². The number of hydrogen-bond acceptors (Lipinski definition) is 1. The first kappa shape index (κ1) is 24.2. The summed E-state index contributed by atoms with van der Waals surface area (Å²) in [5, 5.41) is 10.0. The Bertz CT molecular complexity index is 730. The van der Waals surface area contributed by atoms with Crippen molar-refractivity contribution in [2.75, 3.05) is 0 Å². The fourth-order valence-corrected chi connectivity index (χ4v) is 3.46. The van der Waals surface area contributed by atoms with E-state index in [4.69, 9.17) is 0 Å². The van der Waals surface area contributed by atoms with Gasteiger partial charge in [0.1, 0.15) is 0 Å². The van der Waals surface area contributed by atoms with E-state index in [1.165, 1.54) is 27.9 Å². The Morgan fingerprint density at radius 2 is 1.54 bits per heavy atom. The Kier molecular flexibility index (Phi) is 9.69. The SMILES string of the molecule is CC1=C(/C=C/C(C)=C/C=C/C(C)=C/C=C/C=C(\C)C(C)C)C(C)(C)C[C@@H](O)C1. The minimum Gasteiger partial charge on any atom is -0.393 e. The molecule has 1 atom stereocenters. The molecule has 0 heterocycles. The van der Waals surface area contributed by atoms with Gasteiger partial charge in [-0.25, -0.2) is 0 Å². The van der Waals surface area contributed by atoms with Gasteiger partial charge in [-0.15, -0.1) is 0 Å². The van der Waals surface area contributed by atoms with Crippen LogP contribution in [0.3, 0.4) is 0 Å². The maximum atomic E-state index is 10.0. The molecule has 28 heavy (non-hydrogen) atoms. The molecule has 0 saturated heterocycles. The Morgan fingerprint density at radius 3 is 2.14 bits per heavy atom. The number of hydrogen-bond donors (Lipinski definition) is 1. The van der Waals surface area contributed by atoms with Crippen LogP contribution in [0.4, 0.5) is 0 Å². The molecule has 154 valence electrons. The second-order valence-corrected chi connectivity index (χ2v) is 9.10. The third kappa shape index (κ3) is 8.44. The summed E-state index contributed by atoms with van der Waals surface area (Å²) >= 11 is 0. The molecule has 1 N–H and O–H groups in total. The highest BCUT2D eigenvalue weighted by molar-refractivity contribution is 5.37. The van der Waals surface area contributed by atoms with Gasteiger partial charge in [-0.05, 0) is 57.4 Å². The summed E-state index contributed by atoms with van der Waals surface area (Å²) in [6, 6.07) is 0. The molecular formula is C27H40O. The van der Waals surface area contributed by atoms with Crippen LogP contribution in [0.25, 0.3) is 0 Å². The minimum absolute atomic E-state index is 0.0302. The normalized spacial score (nSPS) is 22.5. The zero-order chi connectivity index (χ0) is 21.3. The van der Waals surface area contributed by atoms with Gasteiger partial charge in [0.25, 0.3) is 0 Å². The summed E-state index contributed by atoms with van der Waals surface area (Å²) in [5.41, 5.74) is 6.53. The Hall–Kier alpha value is -1.86. The topological polar surface area (TPSA) is 20.2 Å². The van der Waals surface area contributed by atoms with Crippen molar-refractivity contribution in [3.05, 3.63) is 82.5 Å². The van der Waals surface area contributed by atoms with Crippen molar-refractivity contribution >= 4 is 0 Å². The molecule has 1 aliphatic carbocycles. The van der Waals surface area contributed by atoms with Gasteiger partial charge in [0.15, 0.2) is 0 Å². The van der Waals surface area contributed by atoms with Gasteiger partial charge >= 0.3 is 0 Å². The summed E-state index contributed by atoms with van der Waals surface area (Å²) in [4.78, 5) is 0. The van der Waals surface area contributed by atoms with E-state index in [0.29, 0.717) is 5.92 Å². The van der Waals surface area contributed by atoms with E-state index in [9.17, 15) is 5.11 Å². The summed E-state index contributed by atoms with van der Waals surface area (Å²) in [6.07, 6.45) is 20.7. The zero-order valence-corrected chi connectivity index (χ0v) is 19.2. The van der Waals surface area contributed by atoms with Crippen molar-refractivity contribution in [3.63, 3.8) is 0 Å². The minimum atomic E-state index is -0.208. The molecule has 0 unspecified atom stereocenters. The van der Waals surface area contributed by atoms with E-state index < -0.39 is 0 Å². The predicted molar refractivity (Wildman–Crippen MR) is 125 cm³/mol. The lowest BCUT2D eigenvalue weighted by Crippen LogP contribution is -2.28. The average molecular weight is 381 g/mol. The molecule has 0 spiro atoms. The van der Waals surface area contributed by atoms with Crippen molar-refractivity contribution in [2.24, 2.45) is 11.3 Å². The Labute approximate surface area is 173 Å². The second-order valence-electron chi connectivity index (χ2n) is 9.10. The molecule has 0 aromatic heterocycles. The predicted octanol–water partition coefficient (Wildman–Crippen LogP) is 7.65. The molecule has 0 radical (unpaired) electrons. The molecule has 0 amide bonds. The molecular weight excluding hydrogens is 340 g/mol. The highest BCUT2D eigenvalue weighted by Gasteiger charge is 2.31. The maximum Gasteiger partial charge on any atom is 0.0585 e. The van der Waals surface area contributed by atoms with Crippen LogP contribution in [0.15, 0.2) is 82.5 Å². The van der Waals surface area contributed by atoms with Crippen molar-refractivity contribution in [1.82, 2.24) is 0 Å². The molecule has 1 nitrogen and oxygen atoms in total. The van der Waals surface area contributed by atoms with E-state index in [2.05, 4.69) is 110 Å². The molecule has 1 aliphatic rings. The van der Waals surface area contributed by atoms with Crippen LogP contribution in [0.2, 0.25) is 0 Å². The fourth-order valence-electron chi connectivity index (χ4n) is 3.46. The zero-order valence-electron chi connectivity index (χ0n) is 19.2. The van der Waals surface area contributed by atoms with Gasteiger partial charge in [0.2, 0.25) is 0 Å². The van der Waals surface area contributed by atoms with Crippen LogP contribution in [-0.4, -0.2) is 11.2 Å². The van der Waals surface area contributed by atoms with Crippen molar-refractivity contribution in [3.8, 4) is 0 Å². The second kappa shape index (κ2) is 11.2. The fraction of sp³-hybridized carbons (Fsp3) is 0.481. The maximum absolute atomic E-state index is 10.0. The smallest absolute Gasteiger partial charge is 0.0585 e. The van der Waals surface area contributed by atoms with Crippen LogP contribution in [0.5, 0.6) is 0 Å². The molecule has 0 aromatic carbocycles. The third-order valence-electron chi connectivity index (χ3n) is 5.45. The summed E-state index contributed by atoms with van der Waals surface area (Å²) in [7, 11) is 0. The molecule has 0 aromatic rings. The first-order valence-electron chi connectivity index (χ1n) is 10.5. The summed E-state index contributed by atoms with van der Waals surface area (Å²) in [5.74, 6) is 0.597. The van der Waals surface area contributed by atoms with Gasteiger partial charge in [-0.1, -0.05) is 105 Å². The van der Waals surface area contributed by atoms with Crippen molar-refractivity contribution < 1.29 is 5.11 Å². The van der Waals surface area contributed by atoms with Crippen LogP contribution < -0.4 is 0 Å². The molecule has 0 fully saturated rings. The van der Waals surface area contributed by atoms with Crippen molar-refractivity contribution in [2.45, 2.75) is 74.3 Å². The lowest BCUT2D eigenvalue weighted by atomic mass is 9.71. The monoisotopic (exact) mass is 380 g/mol. The highest BCUT2D eigenvalue weighted by atomic mass is 16.3. The largest absolute Gasteiger partial charge is 0.393 e. The summed E-state index contributed by atoms with van der Waals surface area (Å²) in [6.45, 7) is 17.4. The van der Waals surface area contributed by atoms with Crippen LogP contribution in [0.1, 0.15) is 68.2 Å². The van der Waals surface area contributed by atoms with E-state index in [0.717, 1.165) is 12.8 Å². The van der Waals surface area contributed by atoms with Gasteiger partial charge in [0.05, 0.1) is 6.10 Å². The molecule has 0 aliphatic heterocycles. The van der Waals surface area contributed by atoms with Gasteiger partial charge in [0, 0.05) is 0 Å². The van der Waals surface area contributed by atoms with E-state index >= 15 is 0 Å².